The Kier molecular flexibility index (Phi) is 7.86. The number of nitrogens with zero attached hydrogens (tertiary/aromatic N) is 4. The molecule has 194 valence electrons. The van der Waals surface area contributed by atoms with Crippen LogP contribution in [0.2, 0.25) is 5.02 Å². The smallest absolute Gasteiger partial charge is 0.338 e. The fourth-order valence-corrected chi connectivity index (χ4v) is 5.54. The van der Waals surface area contributed by atoms with Crippen LogP contribution in [-0.2, 0) is 16.1 Å². The minimum Gasteiger partial charge on any atom is -0.455 e. The molecule has 2 aromatic carbocycles. The van der Waals surface area contributed by atoms with Gasteiger partial charge in [-0.2, -0.15) is 0 Å². The van der Waals surface area contributed by atoms with E-state index in [0.717, 1.165) is 31.2 Å². The van der Waals surface area contributed by atoms with Gasteiger partial charge in [0.2, 0.25) is 5.91 Å². The average Bonchev–Trinajstić information content (AvgIpc) is 3.41. The zero-order chi connectivity index (χ0) is 25.8. The molecule has 0 unspecified atom stereocenters. The van der Waals surface area contributed by atoms with Gasteiger partial charge in [-0.05, 0) is 49.1 Å². The fourth-order valence-electron chi connectivity index (χ4n) is 5.42. The third-order valence-electron chi connectivity index (χ3n) is 7.42. The van der Waals surface area contributed by atoms with E-state index < -0.39 is 12.1 Å². The topological polar surface area (TPSA) is 97.5 Å². The summed E-state index contributed by atoms with van der Waals surface area (Å²) < 4.78 is 7.00. The molecule has 3 atom stereocenters. The van der Waals surface area contributed by atoms with Crippen molar-refractivity contribution < 1.29 is 19.4 Å². The molecule has 3 aromatic rings. The van der Waals surface area contributed by atoms with Gasteiger partial charge >= 0.3 is 5.97 Å². The Hall–Kier alpha value is -3.23. The molecule has 2 fully saturated rings. The Bertz CT molecular complexity index is 1210. The Morgan fingerprint density at radius 2 is 1.76 bits per heavy atom. The molecule has 2 heterocycles. The van der Waals surface area contributed by atoms with E-state index in [1.807, 2.05) is 35.2 Å². The van der Waals surface area contributed by atoms with Crippen molar-refractivity contribution in [1.29, 1.82) is 0 Å². The number of hydrogen-bond donors (Lipinski definition) is 1. The Morgan fingerprint density at radius 1 is 1.03 bits per heavy atom. The Balaban J connectivity index is 1.32. The summed E-state index contributed by atoms with van der Waals surface area (Å²) in [6.45, 7) is 0.189. The highest BCUT2D eigenvalue weighted by molar-refractivity contribution is 6.30. The number of benzene rings is 2. The molecule has 0 bridgehead atoms. The first-order valence-electron chi connectivity index (χ1n) is 12.9. The first kappa shape index (κ1) is 25.4. The van der Waals surface area contributed by atoms with Crippen LogP contribution in [0.1, 0.15) is 72.2 Å². The first-order chi connectivity index (χ1) is 18.0. The molecule has 9 heteroatoms. The van der Waals surface area contributed by atoms with Gasteiger partial charge in [0, 0.05) is 17.5 Å². The maximum Gasteiger partial charge on any atom is 0.338 e. The predicted molar refractivity (Wildman–Crippen MR) is 138 cm³/mol. The highest BCUT2D eigenvalue weighted by Crippen LogP contribution is 2.39. The summed E-state index contributed by atoms with van der Waals surface area (Å²) in [6.07, 6.45) is 6.47. The van der Waals surface area contributed by atoms with Crippen LogP contribution in [-0.4, -0.2) is 49.5 Å². The van der Waals surface area contributed by atoms with Crippen LogP contribution < -0.4 is 0 Å². The largest absolute Gasteiger partial charge is 0.455 e. The molecule has 37 heavy (non-hydrogen) atoms. The number of carbonyl (C=O) groups is 2. The van der Waals surface area contributed by atoms with E-state index in [4.69, 9.17) is 16.3 Å². The second-order valence-corrected chi connectivity index (χ2v) is 10.3. The number of esters is 1. The Labute approximate surface area is 221 Å². The molecule has 1 N–H and O–H groups in total. The van der Waals surface area contributed by atoms with Gasteiger partial charge in [-0.3, -0.25) is 4.79 Å². The molecule has 1 aliphatic heterocycles. The van der Waals surface area contributed by atoms with Gasteiger partial charge in [-0.25, -0.2) is 9.48 Å². The number of piperidine rings is 1. The van der Waals surface area contributed by atoms with E-state index in [2.05, 4.69) is 10.3 Å². The van der Waals surface area contributed by atoms with Crippen LogP contribution in [0.5, 0.6) is 0 Å². The van der Waals surface area contributed by atoms with Crippen LogP contribution in [0.25, 0.3) is 0 Å². The van der Waals surface area contributed by atoms with Crippen molar-refractivity contribution in [2.75, 3.05) is 6.54 Å². The summed E-state index contributed by atoms with van der Waals surface area (Å²) in [4.78, 5) is 27.7. The summed E-state index contributed by atoms with van der Waals surface area (Å²) >= 11 is 6.13. The second-order valence-electron chi connectivity index (χ2n) is 9.90. The number of carbonyl (C=O) groups excluding carboxylic acids is 2. The number of aliphatic hydroxyl groups is 1. The summed E-state index contributed by atoms with van der Waals surface area (Å²) in [6, 6.07) is 15.7. The van der Waals surface area contributed by atoms with Gasteiger partial charge in [0.15, 0.2) is 0 Å². The number of likely N-dealkylation sites (tertiary alicyclic amines) is 1. The van der Waals surface area contributed by atoms with Crippen LogP contribution >= 0.6 is 11.6 Å². The van der Waals surface area contributed by atoms with Crippen molar-refractivity contribution in [3.63, 3.8) is 0 Å². The minimum atomic E-state index is -0.808. The lowest BCUT2D eigenvalue weighted by molar-refractivity contribution is -0.145. The molecule has 1 saturated carbocycles. The fraction of sp³-hybridized carbons (Fsp3) is 0.429. The lowest BCUT2D eigenvalue weighted by atomic mass is 9.85. The number of amides is 1. The van der Waals surface area contributed by atoms with Gasteiger partial charge in [-0.15, -0.1) is 5.10 Å². The van der Waals surface area contributed by atoms with Crippen molar-refractivity contribution in [2.24, 2.45) is 5.92 Å². The summed E-state index contributed by atoms with van der Waals surface area (Å²) in [5.74, 6) is -0.318. The van der Waals surface area contributed by atoms with Gasteiger partial charge < -0.3 is 14.7 Å². The number of halogens is 1. The van der Waals surface area contributed by atoms with E-state index >= 15 is 0 Å². The number of hydrogen-bond acceptors (Lipinski definition) is 6. The SMILES string of the molecule is O=C(OCc1cn([C@H]2C[C@H](c3ccc(Cl)cc3)N(C(=O)C3CCCCC3)C[C@@H]2O)nn1)c1ccccc1. The van der Waals surface area contributed by atoms with Crippen LogP contribution in [0.15, 0.2) is 60.8 Å². The van der Waals surface area contributed by atoms with Crippen molar-refractivity contribution in [3.05, 3.63) is 82.6 Å². The van der Waals surface area contributed by atoms with Crippen molar-refractivity contribution in [2.45, 2.75) is 63.3 Å². The first-order valence-corrected chi connectivity index (χ1v) is 13.2. The molecule has 1 aromatic heterocycles. The van der Waals surface area contributed by atoms with Crippen molar-refractivity contribution in [1.82, 2.24) is 19.9 Å². The van der Waals surface area contributed by atoms with Gasteiger partial charge in [0.25, 0.3) is 0 Å². The van der Waals surface area contributed by atoms with Crippen LogP contribution in [0, 0.1) is 5.92 Å². The third-order valence-corrected chi connectivity index (χ3v) is 7.67. The molecule has 1 saturated heterocycles. The number of rotatable bonds is 6. The standard InChI is InChI=1S/C28H31ClN4O4/c29-22-13-11-19(12-14-22)24-15-25(26(34)17-32(24)27(35)20-7-3-1-4-8-20)33-16-23(30-31-33)18-37-28(36)21-9-5-2-6-10-21/h2,5-6,9-14,16,20,24-26,34H,1,3-4,7-8,15,17-18H2/t24-,25+,26+/m1/s1. The van der Waals surface area contributed by atoms with E-state index in [9.17, 15) is 14.7 Å². The molecular weight excluding hydrogens is 492 g/mol. The summed E-state index contributed by atoms with van der Waals surface area (Å²) in [5.41, 5.74) is 1.92. The minimum absolute atomic E-state index is 0.00423. The number of aliphatic hydroxyl groups excluding tert-OH is 1. The van der Waals surface area contributed by atoms with Crippen LogP contribution in [0.4, 0.5) is 0 Å². The number of ether oxygens (including phenoxy) is 1. The van der Waals surface area contributed by atoms with Crippen LogP contribution in [0.3, 0.4) is 0 Å². The molecular formula is C28H31ClN4O4. The molecule has 1 aliphatic carbocycles. The zero-order valence-electron chi connectivity index (χ0n) is 20.6. The normalized spacial score (nSPS) is 22.5. The molecule has 8 nitrogen and oxygen atoms in total. The van der Waals surface area contributed by atoms with Gasteiger partial charge in [0.1, 0.15) is 12.3 Å². The lowest BCUT2D eigenvalue weighted by Gasteiger charge is -2.44. The monoisotopic (exact) mass is 522 g/mol. The van der Waals surface area contributed by atoms with Crippen molar-refractivity contribution >= 4 is 23.5 Å². The third kappa shape index (κ3) is 5.86. The highest BCUT2D eigenvalue weighted by Gasteiger charge is 2.41. The number of aromatic nitrogens is 3. The molecule has 2 aliphatic rings. The quantitative estimate of drug-likeness (QED) is 0.469. The lowest BCUT2D eigenvalue weighted by Crippen LogP contribution is -2.51. The molecule has 1 amide bonds. The van der Waals surface area contributed by atoms with E-state index in [-0.39, 0.29) is 37.1 Å². The molecule has 0 radical (unpaired) electrons. The average molecular weight is 523 g/mol. The predicted octanol–water partition coefficient (Wildman–Crippen LogP) is 4.74. The van der Waals surface area contributed by atoms with Gasteiger partial charge in [0.05, 0.1) is 29.9 Å². The highest BCUT2D eigenvalue weighted by atomic mass is 35.5. The number of β-amino-alcohol motifs (C(OH)–C–C–N with tert-alkyl or cyclic N) is 1. The zero-order valence-corrected chi connectivity index (χ0v) is 21.3. The maximum atomic E-state index is 13.6. The van der Waals surface area contributed by atoms with E-state index in [1.165, 1.54) is 6.42 Å². The van der Waals surface area contributed by atoms with Crippen molar-refractivity contribution in [3.8, 4) is 0 Å². The second kappa shape index (κ2) is 11.4. The maximum absolute atomic E-state index is 13.6. The summed E-state index contributed by atoms with van der Waals surface area (Å²) in [5, 5.41) is 20.2. The van der Waals surface area contributed by atoms with Gasteiger partial charge in [-0.1, -0.05) is 66.4 Å². The Morgan fingerprint density at radius 3 is 2.49 bits per heavy atom. The van der Waals surface area contributed by atoms with E-state index in [0.29, 0.717) is 22.7 Å². The summed E-state index contributed by atoms with van der Waals surface area (Å²) in [7, 11) is 0. The molecule has 0 spiro atoms. The molecule has 5 rings (SSSR count). The van der Waals surface area contributed by atoms with E-state index in [1.54, 1.807) is 35.1 Å².